The van der Waals surface area contributed by atoms with Crippen molar-refractivity contribution in [3.05, 3.63) is 75.2 Å². The molecule has 0 saturated carbocycles. The first-order valence-corrected chi connectivity index (χ1v) is 6.59. The Hall–Kier alpha value is -2.40. The van der Waals surface area contributed by atoms with Crippen LogP contribution >= 0.6 is 11.6 Å². The summed E-state index contributed by atoms with van der Waals surface area (Å²) in [5, 5.41) is 11.9. The van der Waals surface area contributed by atoms with Crippen LogP contribution in [0.5, 0.6) is 0 Å². The molecule has 0 aliphatic rings. The van der Waals surface area contributed by atoms with Crippen molar-refractivity contribution in [3.8, 4) is 0 Å². The number of fused-ring (bicyclic) bond motifs is 1. The highest BCUT2D eigenvalue weighted by atomic mass is 35.5. The van der Waals surface area contributed by atoms with Crippen molar-refractivity contribution < 1.29 is 9.31 Å². The van der Waals surface area contributed by atoms with E-state index in [0.29, 0.717) is 11.6 Å². The summed E-state index contributed by atoms with van der Waals surface area (Å²) < 4.78 is 15.2. The van der Waals surface area contributed by atoms with Crippen LogP contribution in [0.25, 0.3) is 10.9 Å². The second-order valence-corrected chi connectivity index (χ2v) is 5.09. The fraction of sp³-hybridized carbons (Fsp3) is 0.0667. The van der Waals surface area contributed by atoms with Gasteiger partial charge in [-0.15, -0.1) is 0 Å². The molecule has 0 aliphatic heterocycles. The molecule has 0 unspecified atom stereocenters. The van der Waals surface area contributed by atoms with Crippen molar-refractivity contribution in [3.63, 3.8) is 0 Å². The predicted octanol–water partition coefficient (Wildman–Crippen LogP) is 4.39. The molecule has 1 aromatic heterocycles. The number of aromatic nitrogens is 1. The highest BCUT2D eigenvalue weighted by Gasteiger charge is 2.11. The smallest absolute Gasteiger partial charge is 0.270 e. The molecule has 3 aromatic rings. The summed E-state index contributed by atoms with van der Waals surface area (Å²) >= 11 is 6.08. The van der Waals surface area contributed by atoms with Gasteiger partial charge in [-0.2, -0.15) is 0 Å². The first kappa shape index (κ1) is 13.6. The molecule has 6 heteroatoms. The lowest BCUT2D eigenvalue weighted by atomic mass is 10.2. The third-order valence-electron chi connectivity index (χ3n) is 3.32. The molecule has 4 nitrogen and oxygen atoms in total. The van der Waals surface area contributed by atoms with E-state index >= 15 is 0 Å². The van der Waals surface area contributed by atoms with Crippen molar-refractivity contribution in [2.24, 2.45) is 0 Å². The van der Waals surface area contributed by atoms with Crippen molar-refractivity contribution in [2.45, 2.75) is 6.54 Å². The van der Waals surface area contributed by atoms with E-state index in [4.69, 9.17) is 11.6 Å². The Kier molecular flexibility index (Phi) is 3.35. The molecule has 0 radical (unpaired) electrons. The third kappa shape index (κ3) is 2.60. The summed E-state index contributed by atoms with van der Waals surface area (Å²) in [4.78, 5) is 10.2. The van der Waals surface area contributed by atoms with Gasteiger partial charge in [0.15, 0.2) is 0 Å². The zero-order valence-electron chi connectivity index (χ0n) is 10.8. The number of hydrogen-bond donors (Lipinski definition) is 0. The van der Waals surface area contributed by atoms with Crippen molar-refractivity contribution in [2.75, 3.05) is 0 Å². The summed E-state index contributed by atoms with van der Waals surface area (Å²) in [6.07, 6.45) is 1.84. The van der Waals surface area contributed by atoms with E-state index in [0.717, 1.165) is 16.5 Å². The second-order valence-electron chi connectivity index (χ2n) is 4.68. The van der Waals surface area contributed by atoms with Gasteiger partial charge in [0, 0.05) is 24.9 Å². The average Bonchev–Trinajstić information content (AvgIpc) is 2.83. The van der Waals surface area contributed by atoms with Gasteiger partial charge in [0.25, 0.3) is 5.69 Å². The molecule has 0 saturated heterocycles. The van der Waals surface area contributed by atoms with Crippen LogP contribution in [-0.2, 0) is 6.54 Å². The standard InChI is InChI=1S/C15H10ClFN2O2/c16-14-8-13(19(20)21)4-2-11(14)9-18-6-5-10-1-3-12(17)7-15(10)18/h1-8H,9H2. The molecule has 0 amide bonds. The lowest BCUT2D eigenvalue weighted by Gasteiger charge is -2.07. The Bertz CT molecular complexity index is 845. The van der Waals surface area contributed by atoms with Crippen LogP contribution in [0.3, 0.4) is 0 Å². The van der Waals surface area contributed by atoms with Crippen LogP contribution in [0, 0.1) is 15.9 Å². The SMILES string of the molecule is O=[N+]([O-])c1ccc(Cn2ccc3ccc(F)cc32)c(Cl)c1. The summed E-state index contributed by atoms with van der Waals surface area (Å²) in [6, 6.07) is 10.8. The molecular weight excluding hydrogens is 295 g/mol. The molecule has 21 heavy (non-hydrogen) atoms. The molecule has 0 atom stereocenters. The number of non-ortho nitro benzene ring substituents is 1. The van der Waals surface area contributed by atoms with Crippen molar-refractivity contribution in [1.29, 1.82) is 0 Å². The summed E-state index contributed by atoms with van der Waals surface area (Å²) in [5.74, 6) is -0.308. The normalized spacial score (nSPS) is 11.0. The molecule has 0 aliphatic carbocycles. The van der Waals surface area contributed by atoms with Crippen molar-refractivity contribution >= 4 is 28.2 Å². The maximum Gasteiger partial charge on any atom is 0.270 e. The quantitative estimate of drug-likeness (QED) is 0.532. The third-order valence-corrected chi connectivity index (χ3v) is 3.68. The van der Waals surface area contributed by atoms with Gasteiger partial charge in [0.2, 0.25) is 0 Å². The molecule has 106 valence electrons. The predicted molar refractivity (Wildman–Crippen MR) is 79.1 cm³/mol. The van der Waals surface area contributed by atoms with Gasteiger partial charge < -0.3 is 4.57 Å². The maximum absolute atomic E-state index is 13.3. The summed E-state index contributed by atoms with van der Waals surface area (Å²) in [6.45, 7) is 0.420. The first-order valence-electron chi connectivity index (χ1n) is 6.22. The van der Waals surface area contributed by atoms with Gasteiger partial charge in [-0.05, 0) is 41.3 Å². The topological polar surface area (TPSA) is 48.1 Å². The van der Waals surface area contributed by atoms with Crippen LogP contribution in [0.1, 0.15) is 5.56 Å². The number of rotatable bonds is 3. The minimum absolute atomic E-state index is 0.0489. The largest absolute Gasteiger partial charge is 0.343 e. The monoisotopic (exact) mass is 304 g/mol. The van der Waals surface area contributed by atoms with E-state index in [1.807, 2.05) is 16.8 Å². The van der Waals surface area contributed by atoms with Gasteiger partial charge >= 0.3 is 0 Å². The molecule has 0 bridgehead atoms. The summed E-state index contributed by atoms with van der Waals surface area (Å²) in [5.41, 5.74) is 1.45. The zero-order valence-corrected chi connectivity index (χ0v) is 11.5. The number of hydrogen-bond acceptors (Lipinski definition) is 2. The summed E-state index contributed by atoms with van der Waals surface area (Å²) in [7, 11) is 0. The van der Waals surface area contributed by atoms with Gasteiger partial charge in [-0.25, -0.2) is 4.39 Å². The molecular formula is C15H10ClFN2O2. The van der Waals surface area contributed by atoms with Crippen LogP contribution in [0.15, 0.2) is 48.7 Å². The lowest BCUT2D eigenvalue weighted by Crippen LogP contribution is -1.99. The fourth-order valence-electron chi connectivity index (χ4n) is 2.26. The molecule has 3 rings (SSSR count). The van der Waals surface area contributed by atoms with Gasteiger partial charge in [-0.3, -0.25) is 10.1 Å². The van der Waals surface area contributed by atoms with E-state index in [9.17, 15) is 14.5 Å². The average molecular weight is 305 g/mol. The van der Waals surface area contributed by atoms with Crippen LogP contribution in [0.4, 0.5) is 10.1 Å². The Morgan fingerprint density at radius 2 is 2.00 bits per heavy atom. The van der Waals surface area contributed by atoms with Crippen LogP contribution in [0.2, 0.25) is 5.02 Å². The van der Waals surface area contributed by atoms with Crippen LogP contribution < -0.4 is 0 Å². The van der Waals surface area contributed by atoms with Gasteiger partial charge in [-0.1, -0.05) is 11.6 Å². The number of nitro groups is 1. The highest BCUT2D eigenvalue weighted by molar-refractivity contribution is 6.31. The zero-order chi connectivity index (χ0) is 15.0. The Morgan fingerprint density at radius 3 is 2.71 bits per heavy atom. The van der Waals surface area contributed by atoms with Crippen LogP contribution in [-0.4, -0.2) is 9.49 Å². The Labute approximate surface area is 124 Å². The number of nitro benzene ring substituents is 1. The second kappa shape index (κ2) is 5.18. The highest BCUT2D eigenvalue weighted by Crippen LogP contribution is 2.25. The molecule has 0 spiro atoms. The number of nitrogens with zero attached hydrogens (tertiary/aromatic N) is 2. The van der Waals surface area contributed by atoms with Crippen molar-refractivity contribution in [1.82, 2.24) is 4.57 Å². The number of halogens is 2. The molecule has 0 N–H and O–H groups in total. The lowest BCUT2D eigenvalue weighted by molar-refractivity contribution is -0.384. The minimum Gasteiger partial charge on any atom is -0.343 e. The first-order chi connectivity index (χ1) is 10.0. The Balaban J connectivity index is 1.99. The van der Waals surface area contributed by atoms with E-state index in [1.165, 1.54) is 24.3 Å². The number of benzene rings is 2. The molecule has 1 heterocycles. The van der Waals surface area contributed by atoms with E-state index in [2.05, 4.69) is 0 Å². The minimum atomic E-state index is -0.490. The Morgan fingerprint density at radius 1 is 1.19 bits per heavy atom. The molecule has 0 fully saturated rings. The van der Waals surface area contributed by atoms with E-state index < -0.39 is 4.92 Å². The van der Waals surface area contributed by atoms with E-state index in [1.54, 1.807) is 12.1 Å². The van der Waals surface area contributed by atoms with Gasteiger partial charge in [0.05, 0.1) is 15.5 Å². The van der Waals surface area contributed by atoms with E-state index in [-0.39, 0.29) is 11.5 Å². The maximum atomic E-state index is 13.3. The molecule has 2 aromatic carbocycles. The van der Waals surface area contributed by atoms with Gasteiger partial charge in [0.1, 0.15) is 5.82 Å². The fourth-order valence-corrected chi connectivity index (χ4v) is 2.49.